The standard InChI is InChI=1S/C8H17N3.C7H10N2.2CH4.ClH/c1-4-9-8-10-6-5-7-11(2)3;1-9(2)7-3-5-8-6-4-7;;;/h4-7H2,1-3H3;3-6H,1-2H3;2*1H4;1H. The highest BCUT2D eigenvalue weighted by Crippen LogP contribution is 2.05. The highest BCUT2D eigenvalue weighted by atomic mass is 35.5. The van der Waals surface area contributed by atoms with Gasteiger partial charge in [0.1, 0.15) is 0 Å². The molecule has 0 amide bonds. The molecule has 0 unspecified atom stereocenters. The van der Waals surface area contributed by atoms with Crippen molar-refractivity contribution in [1.29, 1.82) is 0 Å². The van der Waals surface area contributed by atoms with Crippen LogP contribution < -0.4 is 4.90 Å². The summed E-state index contributed by atoms with van der Waals surface area (Å²) >= 11 is 0. The summed E-state index contributed by atoms with van der Waals surface area (Å²) in [6.07, 6.45) is 4.66. The van der Waals surface area contributed by atoms with Crippen LogP contribution in [0, 0.1) is 0 Å². The van der Waals surface area contributed by atoms with E-state index in [1.165, 1.54) is 5.69 Å². The molecular formula is C17H36ClN5. The van der Waals surface area contributed by atoms with Crippen molar-refractivity contribution < 1.29 is 0 Å². The average molecular weight is 346 g/mol. The fraction of sp³-hybridized carbons (Fsp3) is 0.647. The van der Waals surface area contributed by atoms with E-state index in [1.807, 2.05) is 38.1 Å². The largest absolute Gasteiger partial charge is 0.378 e. The smallest absolute Gasteiger partial charge is 0.0892 e. The first-order chi connectivity index (χ1) is 9.57. The van der Waals surface area contributed by atoms with Crippen LogP contribution in [0.15, 0.2) is 34.5 Å². The third-order valence-electron chi connectivity index (χ3n) is 2.35. The van der Waals surface area contributed by atoms with Gasteiger partial charge in [-0.05, 0) is 46.1 Å². The maximum atomic E-state index is 3.99. The lowest BCUT2D eigenvalue weighted by Gasteiger charge is -2.10. The molecule has 1 heterocycles. The Kier molecular flexibility index (Phi) is 26.5. The summed E-state index contributed by atoms with van der Waals surface area (Å²) in [5, 5.41) is 0. The van der Waals surface area contributed by atoms with Gasteiger partial charge in [0.05, 0.1) is 12.6 Å². The minimum absolute atomic E-state index is 0. The molecule has 0 radical (unpaired) electrons. The molecule has 0 saturated carbocycles. The quantitative estimate of drug-likeness (QED) is 0.578. The van der Waals surface area contributed by atoms with E-state index in [0.717, 1.165) is 26.1 Å². The maximum absolute atomic E-state index is 3.99. The molecule has 6 heteroatoms. The van der Waals surface area contributed by atoms with Crippen molar-refractivity contribution in [3.63, 3.8) is 0 Å². The van der Waals surface area contributed by atoms with E-state index in [4.69, 9.17) is 0 Å². The Morgan fingerprint density at radius 1 is 1.04 bits per heavy atom. The number of aliphatic imine (C=N–C) groups is 2. The zero-order valence-corrected chi connectivity index (χ0v) is 14.6. The number of rotatable bonds is 6. The number of aromatic nitrogens is 1. The molecule has 136 valence electrons. The van der Waals surface area contributed by atoms with Gasteiger partial charge >= 0.3 is 0 Å². The Labute approximate surface area is 150 Å². The van der Waals surface area contributed by atoms with Gasteiger partial charge in [0.15, 0.2) is 0 Å². The minimum atomic E-state index is 0. The molecule has 1 rings (SSSR count). The second-order valence-electron chi connectivity index (χ2n) is 4.71. The van der Waals surface area contributed by atoms with Crippen LogP contribution in [0.1, 0.15) is 28.2 Å². The molecule has 0 aromatic carbocycles. The predicted octanol–water partition coefficient (Wildman–Crippen LogP) is 3.97. The van der Waals surface area contributed by atoms with Gasteiger partial charge in [-0.2, -0.15) is 0 Å². The zero-order chi connectivity index (χ0) is 15.2. The summed E-state index contributed by atoms with van der Waals surface area (Å²) in [5.74, 6) is 0. The zero-order valence-electron chi connectivity index (χ0n) is 13.8. The molecule has 23 heavy (non-hydrogen) atoms. The maximum Gasteiger partial charge on any atom is 0.0892 e. The predicted molar refractivity (Wildman–Crippen MR) is 108 cm³/mol. The molecule has 0 spiro atoms. The SMILES string of the molecule is C.C.CCN=C=NCCCN(C)C.CN(C)c1ccncc1.Cl. The van der Waals surface area contributed by atoms with Crippen molar-refractivity contribution >= 4 is 24.1 Å². The van der Waals surface area contributed by atoms with Gasteiger partial charge in [0.2, 0.25) is 0 Å². The van der Waals surface area contributed by atoms with E-state index in [0.29, 0.717) is 0 Å². The van der Waals surface area contributed by atoms with Crippen molar-refractivity contribution in [3.8, 4) is 0 Å². The van der Waals surface area contributed by atoms with Crippen molar-refractivity contribution in [2.45, 2.75) is 28.2 Å². The molecule has 0 fully saturated rings. The number of nitrogens with zero attached hydrogens (tertiary/aromatic N) is 5. The van der Waals surface area contributed by atoms with Crippen LogP contribution >= 0.6 is 12.4 Å². The van der Waals surface area contributed by atoms with Gasteiger partial charge in [-0.1, -0.05) is 14.9 Å². The Morgan fingerprint density at radius 3 is 2.00 bits per heavy atom. The lowest BCUT2D eigenvalue weighted by molar-refractivity contribution is 0.403. The van der Waals surface area contributed by atoms with Crippen LogP contribution in [-0.4, -0.2) is 63.7 Å². The number of anilines is 1. The van der Waals surface area contributed by atoms with Crippen LogP contribution in [0.5, 0.6) is 0 Å². The van der Waals surface area contributed by atoms with E-state index in [1.54, 1.807) is 12.4 Å². The first-order valence-corrected chi connectivity index (χ1v) is 6.88. The number of hydrogen-bond acceptors (Lipinski definition) is 5. The molecule has 1 aromatic rings. The molecule has 0 N–H and O–H groups in total. The van der Waals surface area contributed by atoms with Crippen LogP contribution in [0.3, 0.4) is 0 Å². The van der Waals surface area contributed by atoms with Gasteiger partial charge in [0.25, 0.3) is 0 Å². The molecule has 5 nitrogen and oxygen atoms in total. The second kappa shape index (κ2) is 20.6. The fourth-order valence-electron chi connectivity index (χ4n) is 1.28. The number of pyridine rings is 1. The Hall–Kier alpha value is -1.42. The highest BCUT2D eigenvalue weighted by Gasteiger charge is 1.88. The lowest BCUT2D eigenvalue weighted by Crippen LogP contribution is -2.13. The Balaban J connectivity index is -0.000000140. The minimum Gasteiger partial charge on any atom is -0.378 e. The van der Waals surface area contributed by atoms with E-state index in [2.05, 4.69) is 40.0 Å². The van der Waals surface area contributed by atoms with Crippen LogP contribution in [0.4, 0.5) is 5.69 Å². The van der Waals surface area contributed by atoms with E-state index in [-0.39, 0.29) is 27.3 Å². The van der Waals surface area contributed by atoms with Crippen molar-refractivity contribution in [1.82, 2.24) is 9.88 Å². The van der Waals surface area contributed by atoms with Gasteiger partial charge in [-0.25, -0.2) is 9.98 Å². The third kappa shape index (κ3) is 20.6. The number of hydrogen-bond donors (Lipinski definition) is 0. The summed E-state index contributed by atoms with van der Waals surface area (Å²) in [6.45, 7) is 4.67. The first-order valence-electron chi connectivity index (χ1n) is 6.88. The van der Waals surface area contributed by atoms with Crippen molar-refractivity contribution in [2.75, 3.05) is 52.7 Å². The van der Waals surface area contributed by atoms with Gasteiger partial charge < -0.3 is 9.80 Å². The van der Waals surface area contributed by atoms with Crippen LogP contribution in [-0.2, 0) is 0 Å². The van der Waals surface area contributed by atoms with Crippen molar-refractivity contribution in [3.05, 3.63) is 24.5 Å². The van der Waals surface area contributed by atoms with Gasteiger partial charge in [-0.15, -0.1) is 12.4 Å². The van der Waals surface area contributed by atoms with Crippen LogP contribution in [0.2, 0.25) is 0 Å². The summed E-state index contributed by atoms with van der Waals surface area (Å²) in [6, 6.07) is 6.58. The summed E-state index contributed by atoms with van der Waals surface area (Å²) in [4.78, 5) is 15.9. The molecule has 0 atom stereocenters. The molecule has 0 aliphatic heterocycles. The van der Waals surface area contributed by atoms with E-state index >= 15 is 0 Å². The monoisotopic (exact) mass is 345 g/mol. The second-order valence-corrected chi connectivity index (χ2v) is 4.71. The normalized spacial score (nSPS) is 8.09. The van der Waals surface area contributed by atoms with E-state index in [9.17, 15) is 0 Å². The van der Waals surface area contributed by atoms with Crippen LogP contribution in [0.25, 0.3) is 0 Å². The molecule has 1 aromatic heterocycles. The van der Waals surface area contributed by atoms with Gasteiger partial charge in [0, 0.05) is 38.7 Å². The van der Waals surface area contributed by atoms with Gasteiger partial charge in [-0.3, -0.25) is 4.98 Å². The first kappa shape index (κ1) is 29.6. The molecule has 0 bridgehead atoms. The van der Waals surface area contributed by atoms with E-state index < -0.39 is 0 Å². The fourth-order valence-corrected chi connectivity index (χ4v) is 1.28. The molecular weight excluding hydrogens is 310 g/mol. The van der Waals surface area contributed by atoms with Crippen molar-refractivity contribution in [2.24, 2.45) is 9.98 Å². The Morgan fingerprint density at radius 2 is 1.61 bits per heavy atom. The number of halogens is 1. The highest BCUT2D eigenvalue weighted by molar-refractivity contribution is 5.85. The summed E-state index contributed by atoms with van der Waals surface area (Å²) in [7, 11) is 8.14. The molecule has 0 saturated heterocycles. The molecule has 0 aliphatic rings. The summed E-state index contributed by atoms with van der Waals surface area (Å²) < 4.78 is 0. The topological polar surface area (TPSA) is 44.1 Å². The Bertz CT molecular complexity index is 387. The third-order valence-corrected chi connectivity index (χ3v) is 2.35. The molecule has 0 aliphatic carbocycles. The lowest BCUT2D eigenvalue weighted by atomic mass is 10.4. The summed E-state index contributed by atoms with van der Waals surface area (Å²) in [5.41, 5.74) is 1.19. The average Bonchev–Trinajstić information content (AvgIpc) is 2.44.